The summed E-state index contributed by atoms with van der Waals surface area (Å²) in [7, 11) is 0. The predicted octanol–water partition coefficient (Wildman–Crippen LogP) is 3.75. The molecule has 1 aromatic rings. The van der Waals surface area contributed by atoms with E-state index in [-0.39, 0.29) is 5.41 Å². The minimum Gasteiger partial charge on any atom is -0.383 e. The van der Waals surface area contributed by atoms with Crippen LogP contribution in [0.3, 0.4) is 0 Å². The average Bonchev–Trinajstić information content (AvgIpc) is 2.19. The van der Waals surface area contributed by atoms with Gasteiger partial charge in [0.1, 0.15) is 0 Å². The Balaban J connectivity index is 2.06. The lowest BCUT2D eigenvalue weighted by Gasteiger charge is -2.38. The maximum atomic E-state index is 6.14. The fourth-order valence-electron chi connectivity index (χ4n) is 1.64. The molecular weight excluding hydrogens is 245 g/mol. The van der Waals surface area contributed by atoms with E-state index in [4.69, 9.17) is 27.9 Å². The van der Waals surface area contributed by atoms with Crippen molar-refractivity contribution in [1.82, 2.24) is 0 Å². The van der Waals surface area contributed by atoms with E-state index >= 15 is 0 Å². The number of aryl methyl sites for hydroxylation is 1. The van der Waals surface area contributed by atoms with Crippen molar-refractivity contribution in [2.45, 2.75) is 13.8 Å². The zero-order valence-electron chi connectivity index (χ0n) is 9.44. The second-order valence-corrected chi connectivity index (χ2v) is 5.55. The molecule has 0 unspecified atom stereocenters. The molecule has 1 aliphatic rings. The van der Waals surface area contributed by atoms with Crippen LogP contribution in [0.5, 0.6) is 0 Å². The van der Waals surface area contributed by atoms with Crippen molar-refractivity contribution < 1.29 is 4.74 Å². The lowest BCUT2D eigenvalue weighted by Crippen LogP contribution is -2.45. The Morgan fingerprint density at radius 2 is 2.00 bits per heavy atom. The van der Waals surface area contributed by atoms with Gasteiger partial charge in [-0.25, -0.2) is 0 Å². The van der Waals surface area contributed by atoms with Crippen LogP contribution in [0.4, 0.5) is 5.69 Å². The summed E-state index contributed by atoms with van der Waals surface area (Å²) in [6.45, 7) is 6.59. The first-order valence-electron chi connectivity index (χ1n) is 5.27. The molecule has 1 N–H and O–H groups in total. The van der Waals surface area contributed by atoms with Gasteiger partial charge in [0.05, 0.1) is 23.9 Å². The zero-order valence-corrected chi connectivity index (χ0v) is 11.0. The summed E-state index contributed by atoms with van der Waals surface area (Å²) in [5.74, 6) is 0. The molecule has 0 spiro atoms. The van der Waals surface area contributed by atoms with Crippen LogP contribution in [0.15, 0.2) is 12.1 Å². The second-order valence-electron chi connectivity index (χ2n) is 4.74. The van der Waals surface area contributed by atoms with Crippen LogP contribution in [-0.4, -0.2) is 19.8 Å². The average molecular weight is 260 g/mol. The predicted molar refractivity (Wildman–Crippen MR) is 68.6 cm³/mol. The highest BCUT2D eigenvalue weighted by Gasteiger charge is 2.33. The fraction of sp³-hybridized carbons (Fsp3) is 0.500. The van der Waals surface area contributed by atoms with Crippen molar-refractivity contribution in [2.75, 3.05) is 25.1 Å². The highest BCUT2D eigenvalue weighted by molar-refractivity contribution is 6.35. The third-order valence-electron chi connectivity index (χ3n) is 2.85. The molecule has 2 nitrogen and oxygen atoms in total. The van der Waals surface area contributed by atoms with Gasteiger partial charge >= 0.3 is 0 Å². The molecule has 0 amide bonds. The zero-order chi connectivity index (χ0) is 11.8. The van der Waals surface area contributed by atoms with Gasteiger partial charge in [-0.05, 0) is 24.6 Å². The Morgan fingerprint density at radius 1 is 1.31 bits per heavy atom. The van der Waals surface area contributed by atoms with Crippen LogP contribution >= 0.6 is 23.2 Å². The Bertz CT molecular complexity index is 402. The summed E-state index contributed by atoms with van der Waals surface area (Å²) in [6, 6.07) is 3.76. The SMILES string of the molecule is Cc1cc(Cl)c(NCC2(C)COC2)cc1Cl. The minimum atomic E-state index is 0.223. The Kier molecular flexibility index (Phi) is 3.34. The molecular formula is C12H15Cl2NO. The summed E-state index contributed by atoms with van der Waals surface area (Å²) in [4.78, 5) is 0. The monoisotopic (exact) mass is 259 g/mol. The molecule has 0 bridgehead atoms. The number of benzene rings is 1. The number of rotatable bonds is 3. The number of nitrogens with one attached hydrogen (secondary N) is 1. The van der Waals surface area contributed by atoms with Crippen molar-refractivity contribution in [1.29, 1.82) is 0 Å². The molecule has 88 valence electrons. The third kappa shape index (κ3) is 2.45. The Labute approximate surface area is 106 Å². The van der Waals surface area contributed by atoms with Gasteiger partial charge in [0.2, 0.25) is 0 Å². The summed E-state index contributed by atoms with van der Waals surface area (Å²) in [5.41, 5.74) is 2.11. The quantitative estimate of drug-likeness (QED) is 0.893. The minimum absolute atomic E-state index is 0.223. The first-order valence-corrected chi connectivity index (χ1v) is 6.03. The van der Waals surface area contributed by atoms with Crippen LogP contribution in [0.25, 0.3) is 0 Å². The van der Waals surface area contributed by atoms with E-state index in [9.17, 15) is 0 Å². The van der Waals surface area contributed by atoms with Gasteiger partial charge in [-0.15, -0.1) is 0 Å². The van der Waals surface area contributed by atoms with Gasteiger partial charge in [-0.3, -0.25) is 0 Å². The first kappa shape index (κ1) is 12.0. The maximum absolute atomic E-state index is 6.14. The number of hydrogen-bond donors (Lipinski definition) is 1. The summed E-state index contributed by atoms with van der Waals surface area (Å²) >= 11 is 12.2. The maximum Gasteiger partial charge on any atom is 0.0641 e. The summed E-state index contributed by atoms with van der Waals surface area (Å²) < 4.78 is 5.20. The van der Waals surface area contributed by atoms with Gasteiger partial charge in [0.25, 0.3) is 0 Å². The van der Waals surface area contributed by atoms with Crippen LogP contribution in [0.2, 0.25) is 10.0 Å². The van der Waals surface area contributed by atoms with Gasteiger partial charge in [-0.2, -0.15) is 0 Å². The molecule has 1 heterocycles. The normalized spacial score (nSPS) is 18.0. The highest BCUT2D eigenvalue weighted by atomic mass is 35.5. The topological polar surface area (TPSA) is 21.3 Å². The molecule has 1 aromatic carbocycles. The standard InChI is InChI=1S/C12H15Cl2NO/c1-8-3-10(14)11(4-9(8)13)15-5-12(2)6-16-7-12/h3-4,15H,5-7H2,1-2H3. The van der Waals surface area contributed by atoms with Crippen LogP contribution in [0, 0.1) is 12.3 Å². The second kappa shape index (κ2) is 4.44. The first-order chi connectivity index (χ1) is 7.50. The van der Waals surface area contributed by atoms with Gasteiger partial charge in [-0.1, -0.05) is 30.1 Å². The molecule has 16 heavy (non-hydrogen) atoms. The van der Waals surface area contributed by atoms with Crippen molar-refractivity contribution >= 4 is 28.9 Å². The number of halogens is 2. The van der Waals surface area contributed by atoms with E-state index in [0.717, 1.165) is 36.0 Å². The van der Waals surface area contributed by atoms with Gasteiger partial charge < -0.3 is 10.1 Å². The van der Waals surface area contributed by atoms with Gasteiger partial charge in [0.15, 0.2) is 0 Å². The molecule has 1 fully saturated rings. The highest BCUT2D eigenvalue weighted by Crippen LogP contribution is 2.31. The number of anilines is 1. The smallest absolute Gasteiger partial charge is 0.0641 e. The van der Waals surface area contributed by atoms with Crippen LogP contribution in [-0.2, 0) is 4.74 Å². The van der Waals surface area contributed by atoms with Crippen molar-refractivity contribution in [3.63, 3.8) is 0 Å². The number of hydrogen-bond acceptors (Lipinski definition) is 2. The van der Waals surface area contributed by atoms with E-state index in [1.54, 1.807) is 0 Å². The third-order valence-corrected chi connectivity index (χ3v) is 3.57. The van der Waals surface area contributed by atoms with Crippen LogP contribution < -0.4 is 5.32 Å². The number of ether oxygens (including phenoxy) is 1. The van der Waals surface area contributed by atoms with Crippen LogP contribution in [0.1, 0.15) is 12.5 Å². The lowest BCUT2D eigenvalue weighted by atomic mass is 9.88. The molecule has 0 aromatic heterocycles. The molecule has 0 radical (unpaired) electrons. The summed E-state index contributed by atoms with van der Waals surface area (Å²) in [5, 5.41) is 4.78. The van der Waals surface area contributed by atoms with Crippen molar-refractivity contribution in [2.24, 2.45) is 5.41 Å². The fourth-order valence-corrected chi connectivity index (χ4v) is 2.09. The molecule has 4 heteroatoms. The van der Waals surface area contributed by atoms with Gasteiger partial charge in [0, 0.05) is 17.0 Å². The van der Waals surface area contributed by atoms with E-state index in [0.29, 0.717) is 5.02 Å². The lowest BCUT2D eigenvalue weighted by molar-refractivity contribution is -0.0924. The van der Waals surface area contributed by atoms with Crippen molar-refractivity contribution in [3.05, 3.63) is 27.7 Å². The largest absolute Gasteiger partial charge is 0.383 e. The van der Waals surface area contributed by atoms with E-state index in [1.165, 1.54) is 0 Å². The molecule has 2 rings (SSSR count). The molecule has 1 aliphatic heterocycles. The van der Waals surface area contributed by atoms with Crippen molar-refractivity contribution in [3.8, 4) is 0 Å². The molecule has 1 saturated heterocycles. The van der Waals surface area contributed by atoms with E-state index < -0.39 is 0 Å². The molecule has 0 aliphatic carbocycles. The summed E-state index contributed by atoms with van der Waals surface area (Å²) in [6.07, 6.45) is 0. The van der Waals surface area contributed by atoms with E-state index in [2.05, 4.69) is 12.2 Å². The molecule has 0 saturated carbocycles. The Morgan fingerprint density at radius 3 is 2.56 bits per heavy atom. The van der Waals surface area contributed by atoms with E-state index in [1.807, 2.05) is 19.1 Å². The molecule has 0 atom stereocenters. The Hall–Kier alpha value is -0.440.